The van der Waals surface area contributed by atoms with E-state index >= 15 is 0 Å². The van der Waals surface area contributed by atoms with Crippen LogP contribution >= 0.6 is 24.0 Å². The van der Waals surface area contributed by atoms with Gasteiger partial charge in [-0.25, -0.2) is 4.79 Å². The summed E-state index contributed by atoms with van der Waals surface area (Å²) in [5.74, 6) is 0.759. The van der Waals surface area contributed by atoms with E-state index in [1.807, 2.05) is 20.8 Å². The molecule has 0 saturated carbocycles. The first kappa shape index (κ1) is 29.2. The number of ether oxygens (including phenoxy) is 1. The maximum Gasteiger partial charge on any atom is 0.408 e. The fourth-order valence-electron chi connectivity index (χ4n) is 3.38. The molecule has 1 aliphatic rings. The molecule has 1 rings (SSSR count). The number of carbonyl (C=O) groups is 1. The first-order valence-corrected chi connectivity index (χ1v) is 11.1. The lowest BCUT2D eigenvalue weighted by Crippen LogP contribution is -2.57. The summed E-state index contributed by atoms with van der Waals surface area (Å²) in [7, 11) is 1.77. The van der Waals surface area contributed by atoms with E-state index in [9.17, 15) is 4.79 Å². The van der Waals surface area contributed by atoms with Crippen molar-refractivity contribution in [3.05, 3.63) is 0 Å². The quantitative estimate of drug-likeness (QED) is 0.237. The third kappa shape index (κ3) is 11.0. The number of nitrogens with one attached hydrogen (secondary N) is 3. The Balaban J connectivity index is 0.00000841. The molecule has 8 nitrogen and oxygen atoms in total. The minimum absolute atomic E-state index is 0. The Labute approximate surface area is 201 Å². The second kappa shape index (κ2) is 14.3. The van der Waals surface area contributed by atoms with Crippen LogP contribution in [-0.2, 0) is 4.74 Å². The lowest BCUT2D eigenvalue weighted by molar-refractivity contribution is 0.0448. The highest BCUT2D eigenvalue weighted by Crippen LogP contribution is 2.16. The highest BCUT2D eigenvalue weighted by molar-refractivity contribution is 14.0. The summed E-state index contributed by atoms with van der Waals surface area (Å²) in [6.45, 7) is 20.1. The summed E-state index contributed by atoms with van der Waals surface area (Å²) >= 11 is 0. The van der Waals surface area contributed by atoms with Gasteiger partial charge < -0.3 is 25.6 Å². The summed E-state index contributed by atoms with van der Waals surface area (Å²) in [5.41, 5.74) is -0.888. The number of amides is 1. The van der Waals surface area contributed by atoms with Crippen LogP contribution in [0, 0.1) is 0 Å². The molecular weight excluding hydrogens is 495 g/mol. The number of carbonyl (C=O) groups excluding carboxylic acids is 1. The summed E-state index contributed by atoms with van der Waals surface area (Å²) < 4.78 is 5.45. The molecule has 30 heavy (non-hydrogen) atoms. The van der Waals surface area contributed by atoms with Crippen molar-refractivity contribution in [1.82, 2.24) is 25.8 Å². The molecular formula is C21H45IN6O2. The predicted octanol–water partition coefficient (Wildman–Crippen LogP) is 2.49. The zero-order chi connectivity index (χ0) is 21.9. The third-order valence-electron chi connectivity index (χ3n) is 5.57. The number of guanidine groups is 1. The molecule has 3 N–H and O–H groups in total. The van der Waals surface area contributed by atoms with Gasteiger partial charge in [-0.15, -0.1) is 24.0 Å². The number of hydrogen-bond donors (Lipinski definition) is 3. The zero-order valence-electron chi connectivity index (χ0n) is 20.1. The summed E-state index contributed by atoms with van der Waals surface area (Å²) in [6, 6.07) is 0. The Morgan fingerprint density at radius 2 is 1.57 bits per heavy atom. The molecule has 0 spiro atoms. The van der Waals surface area contributed by atoms with E-state index in [0.717, 1.165) is 64.6 Å². The van der Waals surface area contributed by atoms with Gasteiger partial charge in [-0.3, -0.25) is 9.89 Å². The first-order chi connectivity index (χ1) is 13.7. The molecule has 178 valence electrons. The average molecular weight is 541 g/mol. The van der Waals surface area contributed by atoms with Gasteiger partial charge in [0, 0.05) is 52.9 Å². The van der Waals surface area contributed by atoms with E-state index in [1.54, 1.807) is 7.05 Å². The van der Waals surface area contributed by atoms with E-state index in [2.05, 4.69) is 51.5 Å². The van der Waals surface area contributed by atoms with Gasteiger partial charge >= 0.3 is 6.09 Å². The predicted molar refractivity (Wildman–Crippen MR) is 136 cm³/mol. The van der Waals surface area contributed by atoms with Crippen LogP contribution in [0.4, 0.5) is 4.79 Å². The molecule has 0 aromatic rings. The van der Waals surface area contributed by atoms with Gasteiger partial charge in [-0.2, -0.15) is 0 Å². The van der Waals surface area contributed by atoms with Crippen LogP contribution in [0.25, 0.3) is 0 Å². The molecule has 1 heterocycles. The van der Waals surface area contributed by atoms with Crippen LogP contribution in [0.1, 0.15) is 54.4 Å². The normalized spacial score (nSPS) is 16.6. The van der Waals surface area contributed by atoms with Gasteiger partial charge in [-0.1, -0.05) is 20.8 Å². The van der Waals surface area contributed by atoms with Crippen LogP contribution in [0.15, 0.2) is 4.99 Å². The van der Waals surface area contributed by atoms with Gasteiger partial charge in [0.05, 0.1) is 5.54 Å². The molecule has 1 saturated heterocycles. The van der Waals surface area contributed by atoms with E-state index in [4.69, 9.17) is 4.74 Å². The fourth-order valence-corrected chi connectivity index (χ4v) is 3.38. The standard InChI is InChI=1S/C21H44N6O2.HI/c1-8-21(9-2,25-19(28)29-20(4,5)6)17-24-18(22-7)23-11-12-27-15-13-26(10-3)14-16-27;/h8-17H2,1-7H3,(H,25,28)(H2,22,23,24);1H. The highest BCUT2D eigenvalue weighted by Gasteiger charge is 2.30. The molecule has 1 fully saturated rings. The molecule has 1 aliphatic heterocycles. The second-order valence-corrected chi connectivity index (χ2v) is 8.74. The van der Waals surface area contributed by atoms with Crippen molar-refractivity contribution in [1.29, 1.82) is 0 Å². The Kier molecular flexibility index (Phi) is 13.9. The minimum Gasteiger partial charge on any atom is -0.444 e. The van der Waals surface area contributed by atoms with Crippen molar-refractivity contribution in [2.24, 2.45) is 4.99 Å². The van der Waals surface area contributed by atoms with E-state index in [-0.39, 0.29) is 35.6 Å². The molecule has 9 heteroatoms. The molecule has 0 unspecified atom stereocenters. The number of nitrogens with zero attached hydrogens (tertiary/aromatic N) is 3. The van der Waals surface area contributed by atoms with Crippen molar-refractivity contribution in [3.63, 3.8) is 0 Å². The molecule has 0 aromatic carbocycles. The number of halogens is 1. The van der Waals surface area contributed by atoms with Crippen molar-refractivity contribution in [2.45, 2.75) is 65.5 Å². The van der Waals surface area contributed by atoms with Crippen LogP contribution in [0.5, 0.6) is 0 Å². The van der Waals surface area contributed by atoms with Crippen LogP contribution in [0.2, 0.25) is 0 Å². The van der Waals surface area contributed by atoms with Gasteiger partial charge in [0.2, 0.25) is 0 Å². The van der Waals surface area contributed by atoms with Crippen molar-refractivity contribution < 1.29 is 9.53 Å². The van der Waals surface area contributed by atoms with Gasteiger partial charge in [-0.05, 0) is 40.2 Å². The number of aliphatic imine (C=N–C) groups is 1. The number of hydrogen-bond acceptors (Lipinski definition) is 5. The van der Waals surface area contributed by atoms with Crippen molar-refractivity contribution >= 4 is 36.0 Å². The lowest BCUT2D eigenvalue weighted by Gasteiger charge is -2.35. The SMILES string of the molecule is CCN1CCN(CCNC(=NC)NCC(CC)(CC)NC(=O)OC(C)(C)C)CC1.I. The molecule has 0 bridgehead atoms. The monoisotopic (exact) mass is 540 g/mol. The Bertz CT molecular complexity index is 512. The molecule has 0 aromatic heterocycles. The lowest BCUT2D eigenvalue weighted by atomic mass is 9.93. The highest BCUT2D eigenvalue weighted by atomic mass is 127. The Morgan fingerprint density at radius 3 is 2.03 bits per heavy atom. The topological polar surface area (TPSA) is 81.2 Å². The smallest absolute Gasteiger partial charge is 0.408 e. The van der Waals surface area contributed by atoms with Crippen LogP contribution < -0.4 is 16.0 Å². The van der Waals surface area contributed by atoms with E-state index in [1.165, 1.54) is 0 Å². The molecule has 0 aliphatic carbocycles. The Hall–Kier alpha value is -0.810. The maximum absolute atomic E-state index is 12.3. The second-order valence-electron chi connectivity index (χ2n) is 8.74. The summed E-state index contributed by atoms with van der Waals surface area (Å²) in [4.78, 5) is 21.6. The average Bonchev–Trinajstić information content (AvgIpc) is 2.68. The summed E-state index contributed by atoms with van der Waals surface area (Å²) in [6.07, 6.45) is 1.22. The van der Waals surface area contributed by atoms with Crippen molar-refractivity contribution in [3.8, 4) is 0 Å². The van der Waals surface area contributed by atoms with Crippen LogP contribution in [0.3, 0.4) is 0 Å². The third-order valence-corrected chi connectivity index (χ3v) is 5.57. The molecule has 1 amide bonds. The van der Waals surface area contributed by atoms with Gasteiger partial charge in [0.15, 0.2) is 5.96 Å². The maximum atomic E-state index is 12.3. The van der Waals surface area contributed by atoms with Crippen molar-refractivity contribution in [2.75, 3.05) is 59.4 Å². The van der Waals surface area contributed by atoms with Gasteiger partial charge in [0.25, 0.3) is 0 Å². The number of rotatable bonds is 9. The van der Waals surface area contributed by atoms with Gasteiger partial charge in [0.1, 0.15) is 5.60 Å². The zero-order valence-corrected chi connectivity index (χ0v) is 22.5. The van der Waals surface area contributed by atoms with E-state index < -0.39 is 5.60 Å². The number of likely N-dealkylation sites (N-methyl/N-ethyl adjacent to an activating group) is 1. The van der Waals surface area contributed by atoms with E-state index in [0.29, 0.717) is 6.54 Å². The molecule has 0 atom stereocenters. The fraction of sp³-hybridized carbons (Fsp3) is 0.905. The first-order valence-electron chi connectivity index (χ1n) is 11.1. The number of alkyl carbamates (subject to hydrolysis) is 1. The Morgan fingerprint density at radius 1 is 1.00 bits per heavy atom. The number of piperazine rings is 1. The minimum atomic E-state index is -0.509. The largest absolute Gasteiger partial charge is 0.444 e. The summed E-state index contributed by atoms with van der Waals surface area (Å²) in [5, 5.41) is 9.83. The van der Waals surface area contributed by atoms with Crippen LogP contribution in [-0.4, -0.2) is 92.4 Å². The molecule has 0 radical (unpaired) electrons.